The van der Waals surface area contributed by atoms with Gasteiger partial charge in [0, 0.05) is 0 Å². The Kier molecular flexibility index (Phi) is 20.8. The van der Waals surface area contributed by atoms with Crippen LogP contribution in [-0.2, 0) is 100 Å². The Labute approximate surface area is 464 Å². The number of ether oxygens (including phenoxy) is 10. The van der Waals surface area contributed by atoms with Gasteiger partial charge in [-0.1, -0.05) is 243 Å². The second-order valence-electron chi connectivity index (χ2n) is 20.0. The second-order valence-corrected chi connectivity index (χ2v) is 20.0. The molecule has 1 saturated carbocycles. The number of benzene rings is 8. The Morgan fingerprint density at radius 2 is 0.506 bits per heavy atom. The maximum atomic E-state index is 13.0. The predicted octanol–water partition coefficient (Wildman–Crippen LogP) is 11.8. The molecular formula is C68H70O11. The first-order valence-electron chi connectivity index (χ1n) is 27.3. The fourth-order valence-electron chi connectivity index (χ4n) is 10.1. The first-order valence-corrected chi connectivity index (χ1v) is 27.3. The van der Waals surface area contributed by atoms with Gasteiger partial charge >= 0.3 is 0 Å². The Morgan fingerprint density at radius 1 is 0.266 bits per heavy atom. The monoisotopic (exact) mass is 1060 g/mol. The van der Waals surface area contributed by atoms with Crippen molar-refractivity contribution in [1.29, 1.82) is 0 Å². The summed E-state index contributed by atoms with van der Waals surface area (Å²) >= 11 is 0. The third-order valence-electron chi connectivity index (χ3n) is 14.2. The van der Waals surface area contributed by atoms with E-state index in [4.69, 9.17) is 47.4 Å². The molecule has 2 aliphatic rings. The van der Waals surface area contributed by atoms with Crippen molar-refractivity contribution in [3.8, 4) is 0 Å². The van der Waals surface area contributed by atoms with Crippen LogP contribution in [0.15, 0.2) is 243 Å². The van der Waals surface area contributed by atoms with Crippen molar-refractivity contribution in [2.24, 2.45) is 0 Å². The van der Waals surface area contributed by atoms with Gasteiger partial charge < -0.3 is 52.5 Å². The van der Waals surface area contributed by atoms with Crippen molar-refractivity contribution >= 4 is 0 Å². The highest BCUT2D eigenvalue weighted by Crippen LogP contribution is 2.39. The molecule has 2 unspecified atom stereocenters. The van der Waals surface area contributed by atoms with Gasteiger partial charge in [-0.05, 0) is 44.5 Å². The maximum absolute atomic E-state index is 13.0. The number of aliphatic hydroxyl groups is 1. The summed E-state index contributed by atoms with van der Waals surface area (Å²) < 4.78 is 71.0. The van der Waals surface area contributed by atoms with E-state index in [9.17, 15) is 5.11 Å². The van der Waals surface area contributed by atoms with Crippen LogP contribution in [0.2, 0.25) is 0 Å². The molecule has 1 N–H and O–H groups in total. The van der Waals surface area contributed by atoms with Crippen molar-refractivity contribution in [1.82, 2.24) is 0 Å². The van der Waals surface area contributed by atoms with Crippen LogP contribution in [0.4, 0.5) is 0 Å². The highest BCUT2D eigenvalue weighted by Gasteiger charge is 2.57. The quantitative estimate of drug-likeness (QED) is 0.0531. The summed E-state index contributed by atoms with van der Waals surface area (Å²) in [6.45, 7) is 1.79. The molecule has 8 aromatic rings. The fourth-order valence-corrected chi connectivity index (χ4v) is 10.1. The molecule has 0 bridgehead atoms. The number of hydrogen-bond donors (Lipinski definition) is 1. The van der Waals surface area contributed by atoms with Crippen molar-refractivity contribution < 1.29 is 52.5 Å². The maximum Gasteiger partial charge on any atom is 0.187 e. The van der Waals surface area contributed by atoms with E-state index < -0.39 is 67.3 Å². The van der Waals surface area contributed by atoms with Crippen molar-refractivity contribution in [2.75, 3.05) is 6.61 Å². The molecule has 79 heavy (non-hydrogen) atoms. The summed E-state index contributed by atoms with van der Waals surface area (Å²) in [4.78, 5) is 0. The Bertz CT molecular complexity index is 2810. The molecule has 1 aliphatic carbocycles. The Morgan fingerprint density at radius 3 is 0.810 bits per heavy atom. The third-order valence-corrected chi connectivity index (χ3v) is 14.2. The summed E-state index contributed by atoms with van der Waals surface area (Å²) in [7, 11) is 0. The summed E-state index contributed by atoms with van der Waals surface area (Å²) in [5.41, 5.74) is 7.57. The molecule has 1 heterocycles. The molecule has 0 aromatic heterocycles. The van der Waals surface area contributed by atoms with Gasteiger partial charge in [0.1, 0.15) is 61.0 Å². The van der Waals surface area contributed by atoms with E-state index in [1.54, 1.807) is 0 Å². The fraction of sp³-hybridized carbons (Fsp3) is 0.294. The Hall–Kier alpha value is -6.68. The summed E-state index contributed by atoms with van der Waals surface area (Å²) in [6.07, 6.45) is -10.6. The number of hydrogen-bond acceptors (Lipinski definition) is 11. The second kappa shape index (κ2) is 29.5. The molecule has 0 spiro atoms. The minimum absolute atomic E-state index is 0.113. The van der Waals surface area contributed by atoms with Gasteiger partial charge in [0.05, 0.1) is 59.5 Å². The first kappa shape index (κ1) is 55.6. The van der Waals surface area contributed by atoms with E-state index >= 15 is 0 Å². The standard InChI is InChI=1S/C68H70O11/c69-59-61(72-43-52-29-13-3-14-30-52)64(75-46-55-35-19-6-20-36-55)66(65(76-47-56-37-21-7-22-38-56)62(59)73-44-53-31-15-4-16-32-53)79-68-67(77-48-57-39-23-8-24-40-57)63(74-45-54-33-17-5-18-34-54)60(71-42-51-27-11-2-12-28-51)58(78-68)49-70-41-50-25-9-1-10-26-50/h1-40,58-69H,41-49H2/t58-,59?,60-,61+,62+,63+,64-,65+,66?,67+,68-/m1/s1. The van der Waals surface area contributed by atoms with E-state index in [2.05, 4.69) is 0 Å². The van der Waals surface area contributed by atoms with Gasteiger partial charge in [-0.3, -0.25) is 0 Å². The molecule has 0 amide bonds. The van der Waals surface area contributed by atoms with Gasteiger partial charge in [-0.15, -0.1) is 0 Å². The smallest absolute Gasteiger partial charge is 0.187 e. The summed E-state index contributed by atoms with van der Waals surface area (Å²) in [5.74, 6) is 0. The summed E-state index contributed by atoms with van der Waals surface area (Å²) in [5, 5.41) is 13.0. The zero-order valence-corrected chi connectivity index (χ0v) is 44.3. The van der Waals surface area contributed by atoms with Crippen LogP contribution >= 0.6 is 0 Å². The Balaban J connectivity index is 1.08. The summed E-state index contributed by atoms with van der Waals surface area (Å²) in [6, 6.07) is 79.8. The molecule has 11 nitrogen and oxygen atoms in total. The van der Waals surface area contributed by atoms with Crippen LogP contribution in [-0.4, -0.2) is 79.0 Å². The van der Waals surface area contributed by atoms with E-state index in [1.165, 1.54) is 0 Å². The predicted molar refractivity (Wildman–Crippen MR) is 301 cm³/mol. The first-order chi connectivity index (χ1) is 39.1. The number of rotatable bonds is 27. The normalized spacial score (nSPS) is 24.0. The van der Waals surface area contributed by atoms with E-state index in [0.717, 1.165) is 44.5 Å². The molecule has 11 heteroatoms. The molecule has 408 valence electrons. The van der Waals surface area contributed by atoms with Crippen LogP contribution in [0.3, 0.4) is 0 Å². The van der Waals surface area contributed by atoms with Gasteiger partial charge in [0.15, 0.2) is 6.29 Å². The molecule has 0 radical (unpaired) electrons. The lowest BCUT2D eigenvalue weighted by Gasteiger charge is -2.51. The SMILES string of the molecule is OC1[C@H](OCc2ccccc2)[C@H](OCc2ccccc2)C(O[C@H]2O[C@H](COCc3ccccc3)[C@@H](OCc3ccccc3)[C@H](OCc3ccccc3)[C@@H]2OCc2ccccc2)[C@H](OCc2ccccc2)[C@H]1OCc1ccccc1. The van der Waals surface area contributed by atoms with E-state index in [-0.39, 0.29) is 52.9 Å². The lowest BCUT2D eigenvalue weighted by atomic mass is 9.83. The average molecular weight is 1060 g/mol. The van der Waals surface area contributed by atoms with Gasteiger partial charge in [-0.2, -0.15) is 0 Å². The minimum Gasteiger partial charge on any atom is -0.387 e. The zero-order chi connectivity index (χ0) is 53.7. The van der Waals surface area contributed by atoms with Crippen molar-refractivity contribution in [3.05, 3.63) is 287 Å². The highest BCUT2D eigenvalue weighted by atomic mass is 16.7. The topological polar surface area (TPSA) is 113 Å². The van der Waals surface area contributed by atoms with Gasteiger partial charge in [0.25, 0.3) is 0 Å². The van der Waals surface area contributed by atoms with E-state index in [1.807, 2.05) is 243 Å². The van der Waals surface area contributed by atoms with Crippen molar-refractivity contribution in [2.45, 2.75) is 120 Å². The molecule has 1 aliphatic heterocycles. The average Bonchev–Trinajstić information content (AvgIpc) is 3.67. The molecule has 11 atom stereocenters. The third kappa shape index (κ3) is 16.0. The van der Waals surface area contributed by atoms with Crippen LogP contribution < -0.4 is 0 Å². The van der Waals surface area contributed by atoms with Crippen molar-refractivity contribution in [3.63, 3.8) is 0 Å². The van der Waals surface area contributed by atoms with Gasteiger partial charge in [-0.25, -0.2) is 0 Å². The molecule has 8 aromatic carbocycles. The molecule has 10 rings (SSSR count). The highest BCUT2D eigenvalue weighted by molar-refractivity contribution is 5.20. The van der Waals surface area contributed by atoms with Crippen LogP contribution in [0, 0.1) is 0 Å². The minimum atomic E-state index is -1.26. The number of aliphatic hydroxyl groups excluding tert-OH is 1. The largest absolute Gasteiger partial charge is 0.387 e. The zero-order valence-electron chi connectivity index (χ0n) is 44.3. The van der Waals surface area contributed by atoms with E-state index in [0.29, 0.717) is 6.61 Å². The van der Waals surface area contributed by atoms with Crippen LogP contribution in [0.1, 0.15) is 44.5 Å². The molecule has 2 fully saturated rings. The van der Waals surface area contributed by atoms with Crippen LogP contribution in [0.25, 0.3) is 0 Å². The molecular weight excluding hydrogens is 993 g/mol. The van der Waals surface area contributed by atoms with Gasteiger partial charge in [0.2, 0.25) is 0 Å². The van der Waals surface area contributed by atoms with Crippen LogP contribution in [0.5, 0.6) is 0 Å². The molecule has 1 saturated heterocycles. The lowest BCUT2D eigenvalue weighted by Crippen LogP contribution is -2.69. The lowest BCUT2D eigenvalue weighted by molar-refractivity contribution is -0.364.